The highest BCUT2D eigenvalue weighted by Crippen LogP contribution is 2.33. The highest BCUT2D eigenvalue weighted by molar-refractivity contribution is 5.67. The topological polar surface area (TPSA) is 46.5 Å². The zero-order chi connectivity index (χ0) is 9.84. The van der Waals surface area contributed by atoms with Gasteiger partial charge in [-0.1, -0.05) is 20.3 Å². The Morgan fingerprint density at radius 3 is 2.62 bits per heavy atom. The van der Waals surface area contributed by atoms with Crippen molar-refractivity contribution < 1.29 is 14.6 Å². The minimum Gasteiger partial charge on any atom is -0.481 e. The van der Waals surface area contributed by atoms with Gasteiger partial charge in [0.25, 0.3) is 0 Å². The van der Waals surface area contributed by atoms with Crippen molar-refractivity contribution >= 4 is 5.97 Å². The predicted octanol–water partition coefficient (Wildman–Crippen LogP) is 1.91. The second-order valence-corrected chi connectivity index (χ2v) is 3.71. The Hall–Kier alpha value is -0.570. The monoisotopic (exact) mass is 186 g/mol. The second-order valence-electron chi connectivity index (χ2n) is 3.71. The maximum atomic E-state index is 10.6. The molecule has 0 radical (unpaired) electrons. The fraction of sp³-hybridized carbons (Fsp3) is 0.900. The summed E-state index contributed by atoms with van der Waals surface area (Å²) < 4.78 is 5.56. The lowest BCUT2D eigenvalue weighted by molar-refractivity contribution is -0.138. The summed E-state index contributed by atoms with van der Waals surface area (Å²) >= 11 is 0. The van der Waals surface area contributed by atoms with E-state index in [0.29, 0.717) is 12.5 Å². The van der Waals surface area contributed by atoms with Crippen molar-refractivity contribution in [3.8, 4) is 0 Å². The molecule has 0 aromatic carbocycles. The maximum Gasteiger partial charge on any atom is 0.303 e. The molecule has 0 aliphatic carbocycles. The minimum atomic E-state index is -0.705. The normalized spacial score (nSPS) is 33.5. The van der Waals surface area contributed by atoms with Crippen LogP contribution in [0.4, 0.5) is 0 Å². The first-order valence-electron chi connectivity index (χ1n) is 5.02. The fourth-order valence-corrected chi connectivity index (χ4v) is 2.25. The van der Waals surface area contributed by atoms with Crippen LogP contribution in [0.25, 0.3) is 0 Å². The third kappa shape index (κ3) is 2.44. The molecule has 1 aliphatic rings. The molecule has 3 atom stereocenters. The molecule has 1 N–H and O–H groups in total. The van der Waals surface area contributed by atoms with Crippen molar-refractivity contribution in [3.05, 3.63) is 0 Å². The van der Waals surface area contributed by atoms with Gasteiger partial charge >= 0.3 is 5.97 Å². The van der Waals surface area contributed by atoms with E-state index in [1.165, 1.54) is 0 Å². The molecule has 1 rings (SSSR count). The van der Waals surface area contributed by atoms with Crippen LogP contribution in [0.2, 0.25) is 0 Å². The molecule has 1 saturated heterocycles. The first kappa shape index (κ1) is 10.5. The van der Waals surface area contributed by atoms with E-state index >= 15 is 0 Å². The van der Waals surface area contributed by atoms with Crippen molar-refractivity contribution in [1.29, 1.82) is 0 Å². The van der Waals surface area contributed by atoms with Crippen LogP contribution in [-0.4, -0.2) is 23.8 Å². The van der Waals surface area contributed by atoms with Crippen LogP contribution in [0.3, 0.4) is 0 Å². The Morgan fingerprint density at radius 2 is 2.15 bits per heavy atom. The molecular weight excluding hydrogens is 168 g/mol. The van der Waals surface area contributed by atoms with E-state index in [4.69, 9.17) is 9.84 Å². The van der Waals surface area contributed by atoms with Crippen molar-refractivity contribution in [2.45, 2.75) is 39.2 Å². The average Bonchev–Trinajstić information content (AvgIpc) is 2.45. The molecule has 0 saturated carbocycles. The molecular formula is C10H18O3. The SMILES string of the molecule is CCC1OCC(CC(=O)O)C1CC. The Labute approximate surface area is 79.1 Å². The van der Waals surface area contributed by atoms with Crippen molar-refractivity contribution in [1.82, 2.24) is 0 Å². The molecule has 0 aromatic rings. The van der Waals surface area contributed by atoms with Crippen LogP contribution in [0.5, 0.6) is 0 Å². The second kappa shape index (κ2) is 4.61. The molecule has 13 heavy (non-hydrogen) atoms. The van der Waals surface area contributed by atoms with Gasteiger partial charge in [-0.05, 0) is 18.3 Å². The van der Waals surface area contributed by atoms with Gasteiger partial charge in [-0.3, -0.25) is 4.79 Å². The summed E-state index contributed by atoms with van der Waals surface area (Å²) in [5.41, 5.74) is 0. The summed E-state index contributed by atoms with van der Waals surface area (Å²) in [7, 11) is 0. The highest BCUT2D eigenvalue weighted by Gasteiger charge is 2.35. The molecule has 1 fully saturated rings. The number of aliphatic carboxylic acids is 1. The number of carboxylic acids is 1. The summed E-state index contributed by atoms with van der Waals surface area (Å²) in [4.78, 5) is 10.6. The molecule has 0 aromatic heterocycles. The van der Waals surface area contributed by atoms with E-state index in [-0.39, 0.29) is 18.4 Å². The van der Waals surface area contributed by atoms with Gasteiger partial charge in [0, 0.05) is 0 Å². The Kier molecular flexibility index (Phi) is 3.72. The van der Waals surface area contributed by atoms with Gasteiger partial charge in [-0.15, -0.1) is 0 Å². The van der Waals surface area contributed by atoms with Crippen molar-refractivity contribution in [3.63, 3.8) is 0 Å². The molecule has 1 aliphatic heterocycles. The van der Waals surface area contributed by atoms with E-state index < -0.39 is 5.97 Å². The van der Waals surface area contributed by atoms with Gasteiger partial charge in [-0.25, -0.2) is 0 Å². The molecule has 0 bridgehead atoms. The number of hydrogen-bond donors (Lipinski definition) is 1. The van der Waals surface area contributed by atoms with Crippen LogP contribution in [0.15, 0.2) is 0 Å². The average molecular weight is 186 g/mol. The molecule has 76 valence electrons. The lowest BCUT2D eigenvalue weighted by Gasteiger charge is -2.18. The standard InChI is InChI=1S/C10H18O3/c1-3-8-7(5-10(11)12)6-13-9(8)4-2/h7-9H,3-6H2,1-2H3,(H,11,12). The van der Waals surface area contributed by atoms with Gasteiger partial charge in [0.2, 0.25) is 0 Å². The molecule has 1 heterocycles. The van der Waals surface area contributed by atoms with Crippen LogP contribution < -0.4 is 0 Å². The number of carbonyl (C=O) groups is 1. The first-order valence-corrected chi connectivity index (χ1v) is 5.02. The minimum absolute atomic E-state index is 0.229. The van der Waals surface area contributed by atoms with Gasteiger partial charge < -0.3 is 9.84 Å². The number of rotatable bonds is 4. The third-order valence-corrected chi connectivity index (χ3v) is 2.92. The smallest absolute Gasteiger partial charge is 0.303 e. The Bertz CT molecular complexity index is 179. The summed E-state index contributed by atoms with van der Waals surface area (Å²) in [6.07, 6.45) is 2.56. The highest BCUT2D eigenvalue weighted by atomic mass is 16.5. The summed E-state index contributed by atoms with van der Waals surface area (Å²) in [5, 5.41) is 8.69. The predicted molar refractivity (Wildman–Crippen MR) is 49.6 cm³/mol. The molecule has 0 spiro atoms. The maximum absolute atomic E-state index is 10.6. The number of carboxylic acid groups (broad SMARTS) is 1. The third-order valence-electron chi connectivity index (χ3n) is 2.92. The van der Waals surface area contributed by atoms with Gasteiger partial charge in [0.05, 0.1) is 19.1 Å². The molecule has 0 amide bonds. The summed E-state index contributed by atoms with van der Waals surface area (Å²) in [6, 6.07) is 0. The van der Waals surface area contributed by atoms with Crippen LogP contribution in [-0.2, 0) is 9.53 Å². The van der Waals surface area contributed by atoms with E-state index in [2.05, 4.69) is 13.8 Å². The summed E-state index contributed by atoms with van der Waals surface area (Å²) in [6.45, 7) is 4.83. The summed E-state index contributed by atoms with van der Waals surface area (Å²) in [5.74, 6) is -0.0302. The van der Waals surface area contributed by atoms with Crippen molar-refractivity contribution in [2.24, 2.45) is 11.8 Å². The fourth-order valence-electron chi connectivity index (χ4n) is 2.25. The van der Waals surface area contributed by atoms with E-state index in [0.717, 1.165) is 12.8 Å². The zero-order valence-corrected chi connectivity index (χ0v) is 8.32. The van der Waals surface area contributed by atoms with Crippen LogP contribution >= 0.6 is 0 Å². The first-order chi connectivity index (χ1) is 6.19. The van der Waals surface area contributed by atoms with E-state index in [9.17, 15) is 4.79 Å². The largest absolute Gasteiger partial charge is 0.481 e. The van der Waals surface area contributed by atoms with E-state index in [1.54, 1.807) is 0 Å². The number of ether oxygens (including phenoxy) is 1. The molecule has 3 heteroatoms. The van der Waals surface area contributed by atoms with Crippen molar-refractivity contribution in [2.75, 3.05) is 6.61 Å². The lowest BCUT2D eigenvalue weighted by atomic mass is 9.85. The molecule has 3 unspecified atom stereocenters. The molecule has 3 nitrogen and oxygen atoms in total. The van der Waals surface area contributed by atoms with Crippen LogP contribution in [0.1, 0.15) is 33.1 Å². The van der Waals surface area contributed by atoms with Gasteiger partial charge in [0.1, 0.15) is 0 Å². The number of hydrogen-bond acceptors (Lipinski definition) is 2. The van der Waals surface area contributed by atoms with Crippen LogP contribution in [0, 0.1) is 11.8 Å². The Balaban J connectivity index is 2.51. The Morgan fingerprint density at radius 1 is 1.46 bits per heavy atom. The van der Waals surface area contributed by atoms with E-state index in [1.807, 2.05) is 0 Å². The quantitative estimate of drug-likeness (QED) is 0.729. The van der Waals surface area contributed by atoms with Gasteiger partial charge in [-0.2, -0.15) is 0 Å². The lowest BCUT2D eigenvalue weighted by Crippen LogP contribution is -2.21. The van der Waals surface area contributed by atoms with Gasteiger partial charge in [0.15, 0.2) is 0 Å². The zero-order valence-electron chi connectivity index (χ0n) is 8.32.